The maximum absolute atomic E-state index is 12.3. The maximum Gasteiger partial charge on any atom is 0.275 e. The summed E-state index contributed by atoms with van der Waals surface area (Å²) in [5.74, 6) is 0.432. The number of rotatable bonds is 6. The lowest BCUT2D eigenvalue weighted by Gasteiger charge is -2.12. The zero-order valence-corrected chi connectivity index (χ0v) is 12.6. The molecule has 0 aliphatic carbocycles. The van der Waals surface area contributed by atoms with E-state index in [0.717, 1.165) is 18.7 Å². The molecule has 21 heavy (non-hydrogen) atoms. The normalized spacial score (nSPS) is 10.7. The molecule has 112 valence electrons. The van der Waals surface area contributed by atoms with Crippen LogP contribution in [0.4, 0.5) is 11.5 Å². The summed E-state index contributed by atoms with van der Waals surface area (Å²) in [5.41, 5.74) is 1.28. The second kappa shape index (κ2) is 6.88. The molecule has 0 aliphatic heterocycles. The van der Waals surface area contributed by atoms with Crippen molar-refractivity contribution in [3.63, 3.8) is 0 Å². The van der Waals surface area contributed by atoms with Crippen molar-refractivity contribution in [1.82, 2.24) is 14.8 Å². The second-order valence-electron chi connectivity index (χ2n) is 5.07. The predicted octanol–water partition coefficient (Wildman–Crippen LogP) is 2.93. The molecule has 2 aromatic heterocycles. The van der Waals surface area contributed by atoms with Gasteiger partial charge < -0.3 is 10.6 Å². The van der Waals surface area contributed by atoms with E-state index in [1.807, 2.05) is 19.9 Å². The Bertz CT molecular complexity index is 606. The van der Waals surface area contributed by atoms with Crippen LogP contribution >= 0.6 is 0 Å². The van der Waals surface area contributed by atoms with E-state index in [0.29, 0.717) is 11.5 Å². The number of hydrogen-bond donors (Lipinski definition) is 2. The third-order valence-electron chi connectivity index (χ3n) is 2.97. The van der Waals surface area contributed by atoms with Crippen LogP contribution in [0.5, 0.6) is 0 Å². The summed E-state index contributed by atoms with van der Waals surface area (Å²) in [6.45, 7) is 6.98. The van der Waals surface area contributed by atoms with Crippen LogP contribution in [0.15, 0.2) is 30.6 Å². The summed E-state index contributed by atoms with van der Waals surface area (Å²) in [6.07, 6.45) is 4.33. The van der Waals surface area contributed by atoms with Gasteiger partial charge >= 0.3 is 0 Å². The van der Waals surface area contributed by atoms with Crippen LogP contribution in [0.25, 0.3) is 0 Å². The fraction of sp³-hybridized carbons (Fsp3) is 0.400. The summed E-state index contributed by atoms with van der Waals surface area (Å²) in [7, 11) is 0. The van der Waals surface area contributed by atoms with Gasteiger partial charge in [0.05, 0.1) is 6.20 Å². The van der Waals surface area contributed by atoms with Crippen molar-refractivity contribution in [2.24, 2.45) is 0 Å². The highest BCUT2D eigenvalue weighted by molar-refractivity contribution is 6.02. The van der Waals surface area contributed by atoms with Gasteiger partial charge in [-0.25, -0.2) is 4.68 Å². The zero-order chi connectivity index (χ0) is 15.2. The Morgan fingerprint density at radius 2 is 2.14 bits per heavy atom. The first kappa shape index (κ1) is 15.0. The Kier molecular flexibility index (Phi) is 4.92. The van der Waals surface area contributed by atoms with Crippen LogP contribution in [0, 0.1) is 0 Å². The lowest BCUT2D eigenvalue weighted by Crippen LogP contribution is -2.18. The minimum absolute atomic E-state index is 0.181. The third-order valence-corrected chi connectivity index (χ3v) is 2.97. The van der Waals surface area contributed by atoms with Crippen LogP contribution in [-0.4, -0.2) is 27.2 Å². The minimum atomic E-state index is -0.238. The molecule has 0 saturated heterocycles. The molecular formula is C15H21N5O. The fourth-order valence-electron chi connectivity index (χ4n) is 1.94. The molecule has 0 fully saturated rings. The molecule has 0 bridgehead atoms. The number of carbonyl (C=O) groups is 1. The van der Waals surface area contributed by atoms with Gasteiger partial charge in [-0.15, -0.1) is 0 Å². The number of nitrogens with one attached hydrogen (secondary N) is 2. The van der Waals surface area contributed by atoms with E-state index in [2.05, 4.69) is 27.6 Å². The van der Waals surface area contributed by atoms with Crippen molar-refractivity contribution >= 4 is 17.4 Å². The van der Waals surface area contributed by atoms with Crippen LogP contribution in [0.1, 0.15) is 43.7 Å². The van der Waals surface area contributed by atoms with E-state index in [9.17, 15) is 4.79 Å². The topological polar surface area (TPSA) is 71.8 Å². The van der Waals surface area contributed by atoms with Crippen LogP contribution in [-0.2, 0) is 0 Å². The highest BCUT2D eigenvalue weighted by Crippen LogP contribution is 2.15. The number of carbonyl (C=O) groups excluding carboxylic acids is 1. The average molecular weight is 287 g/mol. The number of anilines is 2. The van der Waals surface area contributed by atoms with Gasteiger partial charge in [-0.05, 0) is 32.4 Å². The number of pyridine rings is 1. The molecular weight excluding hydrogens is 266 g/mol. The van der Waals surface area contributed by atoms with Gasteiger partial charge in [-0.2, -0.15) is 5.10 Å². The summed E-state index contributed by atoms with van der Waals surface area (Å²) < 4.78 is 1.76. The monoisotopic (exact) mass is 287 g/mol. The van der Waals surface area contributed by atoms with Gasteiger partial charge in [0.15, 0.2) is 0 Å². The van der Waals surface area contributed by atoms with E-state index in [1.54, 1.807) is 29.2 Å². The van der Waals surface area contributed by atoms with Crippen molar-refractivity contribution in [1.29, 1.82) is 0 Å². The van der Waals surface area contributed by atoms with Gasteiger partial charge in [0, 0.05) is 30.5 Å². The molecule has 6 nitrogen and oxygen atoms in total. The van der Waals surface area contributed by atoms with E-state index < -0.39 is 0 Å². The summed E-state index contributed by atoms with van der Waals surface area (Å²) in [6, 6.07) is 5.56. The smallest absolute Gasteiger partial charge is 0.275 e. The van der Waals surface area contributed by atoms with Crippen molar-refractivity contribution in [2.75, 3.05) is 17.2 Å². The highest BCUT2D eigenvalue weighted by atomic mass is 16.2. The Balaban J connectivity index is 2.11. The lowest BCUT2D eigenvalue weighted by molar-refractivity contribution is 0.102. The van der Waals surface area contributed by atoms with Gasteiger partial charge in [0.1, 0.15) is 11.5 Å². The van der Waals surface area contributed by atoms with Crippen molar-refractivity contribution < 1.29 is 4.79 Å². The number of hydrogen-bond acceptors (Lipinski definition) is 4. The molecule has 0 aliphatic rings. The van der Waals surface area contributed by atoms with Crippen molar-refractivity contribution in [3.8, 4) is 0 Å². The standard InChI is InChI=1S/C15H21N5O/c1-4-7-16-12-5-8-17-13(10-12)15(21)19-14-6-9-18-20(14)11(2)3/h5-6,8-11H,4,7H2,1-3H3,(H,16,17)(H,19,21). The Labute approximate surface area is 124 Å². The zero-order valence-electron chi connectivity index (χ0n) is 12.6. The number of nitrogens with zero attached hydrogens (tertiary/aromatic N) is 3. The Morgan fingerprint density at radius 1 is 1.33 bits per heavy atom. The van der Waals surface area contributed by atoms with Crippen LogP contribution in [0.3, 0.4) is 0 Å². The summed E-state index contributed by atoms with van der Waals surface area (Å²) >= 11 is 0. The van der Waals surface area contributed by atoms with Crippen LogP contribution in [0.2, 0.25) is 0 Å². The number of amides is 1. The van der Waals surface area contributed by atoms with E-state index in [1.165, 1.54) is 0 Å². The molecule has 2 rings (SSSR count). The SMILES string of the molecule is CCCNc1ccnc(C(=O)Nc2ccnn2C(C)C)c1. The predicted molar refractivity (Wildman–Crippen MR) is 83.6 cm³/mol. The lowest BCUT2D eigenvalue weighted by atomic mass is 10.3. The fourth-order valence-corrected chi connectivity index (χ4v) is 1.94. The molecule has 1 amide bonds. The van der Waals surface area contributed by atoms with Gasteiger partial charge in [0.2, 0.25) is 0 Å². The molecule has 0 unspecified atom stereocenters. The molecule has 0 atom stereocenters. The molecule has 2 heterocycles. The molecule has 6 heteroatoms. The molecule has 2 aromatic rings. The van der Waals surface area contributed by atoms with Gasteiger partial charge in [-0.1, -0.05) is 6.92 Å². The van der Waals surface area contributed by atoms with Crippen molar-refractivity contribution in [2.45, 2.75) is 33.2 Å². The summed E-state index contributed by atoms with van der Waals surface area (Å²) in [5, 5.41) is 10.3. The second-order valence-corrected chi connectivity index (χ2v) is 5.07. The van der Waals surface area contributed by atoms with E-state index >= 15 is 0 Å². The first-order valence-electron chi connectivity index (χ1n) is 7.16. The van der Waals surface area contributed by atoms with E-state index in [4.69, 9.17) is 0 Å². The quantitative estimate of drug-likeness (QED) is 0.857. The van der Waals surface area contributed by atoms with Gasteiger partial charge in [-0.3, -0.25) is 9.78 Å². The molecule has 2 N–H and O–H groups in total. The molecule has 0 spiro atoms. The average Bonchev–Trinajstić information content (AvgIpc) is 2.93. The largest absolute Gasteiger partial charge is 0.385 e. The van der Waals surface area contributed by atoms with Crippen molar-refractivity contribution in [3.05, 3.63) is 36.3 Å². The Hall–Kier alpha value is -2.37. The molecule has 0 aromatic carbocycles. The maximum atomic E-state index is 12.3. The van der Waals surface area contributed by atoms with Gasteiger partial charge in [0.25, 0.3) is 5.91 Å². The first-order valence-corrected chi connectivity index (χ1v) is 7.16. The first-order chi connectivity index (χ1) is 10.1. The van der Waals surface area contributed by atoms with E-state index in [-0.39, 0.29) is 11.9 Å². The van der Waals surface area contributed by atoms with Crippen LogP contribution < -0.4 is 10.6 Å². The Morgan fingerprint density at radius 3 is 2.86 bits per heavy atom. The molecule has 0 saturated carbocycles. The third kappa shape index (κ3) is 3.81. The summed E-state index contributed by atoms with van der Waals surface area (Å²) in [4.78, 5) is 16.4. The highest BCUT2D eigenvalue weighted by Gasteiger charge is 2.12. The number of aromatic nitrogens is 3. The minimum Gasteiger partial charge on any atom is -0.385 e. The molecule has 0 radical (unpaired) electrons.